The maximum Gasteiger partial charge on any atom is 0.0944 e. The van der Waals surface area contributed by atoms with E-state index in [1.165, 1.54) is 5.57 Å². The van der Waals surface area contributed by atoms with Gasteiger partial charge in [-0.25, -0.2) is 0 Å². The van der Waals surface area contributed by atoms with Crippen LogP contribution >= 0.6 is 0 Å². The van der Waals surface area contributed by atoms with Crippen molar-refractivity contribution in [3.05, 3.63) is 36.1 Å². The minimum Gasteiger partial charge on any atom is -0.501 e. The summed E-state index contributed by atoms with van der Waals surface area (Å²) in [4.78, 5) is 0. The third-order valence-corrected chi connectivity index (χ3v) is 1.97. The van der Waals surface area contributed by atoms with Gasteiger partial charge in [-0.2, -0.15) is 0 Å². The first-order chi connectivity index (χ1) is 4.97. The zero-order valence-corrected chi connectivity index (χ0v) is 5.79. The molecule has 2 aliphatic rings. The second-order valence-corrected chi connectivity index (χ2v) is 2.66. The van der Waals surface area contributed by atoms with Crippen LogP contribution in [0.1, 0.15) is 6.42 Å². The van der Waals surface area contributed by atoms with Gasteiger partial charge in [-0.05, 0) is 18.1 Å². The normalized spacial score (nSPS) is 28.8. The number of ether oxygens (including phenoxy) is 1. The van der Waals surface area contributed by atoms with Gasteiger partial charge in [0.15, 0.2) is 0 Å². The Bertz CT molecular complexity index is 211. The molecule has 0 amide bonds. The first kappa shape index (κ1) is 5.78. The van der Waals surface area contributed by atoms with Crippen LogP contribution < -0.4 is 0 Å². The van der Waals surface area contributed by atoms with E-state index in [2.05, 4.69) is 24.3 Å². The molecule has 0 saturated carbocycles. The number of hydrogen-bond donors (Lipinski definition) is 0. The number of allylic oxidation sites excluding steroid dienone is 4. The summed E-state index contributed by atoms with van der Waals surface area (Å²) in [5.74, 6) is 0.620. The van der Waals surface area contributed by atoms with Crippen LogP contribution in [-0.4, -0.2) is 6.61 Å². The molecule has 0 spiro atoms. The van der Waals surface area contributed by atoms with Crippen LogP contribution in [-0.2, 0) is 4.74 Å². The van der Waals surface area contributed by atoms with Crippen molar-refractivity contribution in [2.45, 2.75) is 6.42 Å². The van der Waals surface area contributed by atoms with Crippen molar-refractivity contribution in [2.75, 3.05) is 6.61 Å². The first-order valence-electron chi connectivity index (χ1n) is 3.62. The van der Waals surface area contributed by atoms with Crippen molar-refractivity contribution in [3.63, 3.8) is 0 Å². The molecule has 1 unspecified atom stereocenters. The molecule has 0 aromatic heterocycles. The van der Waals surface area contributed by atoms with Gasteiger partial charge in [0, 0.05) is 5.92 Å². The van der Waals surface area contributed by atoms with Crippen LogP contribution in [0.5, 0.6) is 0 Å². The lowest BCUT2D eigenvalue weighted by molar-refractivity contribution is 0.200. The highest BCUT2D eigenvalue weighted by Gasteiger charge is 2.15. The summed E-state index contributed by atoms with van der Waals surface area (Å²) in [7, 11) is 0. The predicted molar refractivity (Wildman–Crippen MR) is 40.4 cm³/mol. The van der Waals surface area contributed by atoms with Gasteiger partial charge in [0.1, 0.15) is 0 Å². The predicted octanol–water partition coefficient (Wildman–Crippen LogP) is 2.03. The summed E-state index contributed by atoms with van der Waals surface area (Å²) in [6, 6.07) is 0. The fourth-order valence-corrected chi connectivity index (χ4v) is 1.35. The molecule has 1 aliphatic carbocycles. The molecule has 0 aromatic carbocycles. The van der Waals surface area contributed by atoms with E-state index >= 15 is 0 Å². The van der Waals surface area contributed by atoms with Gasteiger partial charge in [0.2, 0.25) is 0 Å². The standard InChI is InChI=1S/C9H10O/c1-2-4-9-7-10-6-5-8(9)3-1/h1-3,5-6,9H,4,7H2. The van der Waals surface area contributed by atoms with E-state index < -0.39 is 0 Å². The average Bonchev–Trinajstić information content (AvgIpc) is 2.05. The molecule has 1 aliphatic heterocycles. The van der Waals surface area contributed by atoms with Crippen molar-refractivity contribution < 1.29 is 4.74 Å². The highest BCUT2D eigenvalue weighted by atomic mass is 16.5. The summed E-state index contributed by atoms with van der Waals surface area (Å²) < 4.78 is 5.18. The molecular formula is C9H10O. The fourth-order valence-electron chi connectivity index (χ4n) is 1.35. The second-order valence-electron chi connectivity index (χ2n) is 2.66. The zero-order chi connectivity index (χ0) is 6.81. The first-order valence-corrected chi connectivity index (χ1v) is 3.62. The minimum absolute atomic E-state index is 0.620. The summed E-state index contributed by atoms with van der Waals surface area (Å²) in [6.45, 7) is 0.854. The molecular weight excluding hydrogens is 124 g/mol. The van der Waals surface area contributed by atoms with E-state index in [4.69, 9.17) is 4.74 Å². The monoisotopic (exact) mass is 134 g/mol. The lowest BCUT2D eigenvalue weighted by Crippen LogP contribution is -2.14. The molecule has 0 aromatic rings. The van der Waals surface area contributed by atoms with E-state index in [9.17, 15) is 0 Å². The highest BCUT2D eigenvalue weighted by molar-refractivity contribution is 5.30. The van der Waals surface area contributed by atoms with Gasteiger partial charge in [0.05, 0.1) is 12.9 Å². The minimum atomic E-state index is 0.620. The topological polar surface area (TPSA) is 9.23 Å². The number of hydrogen-bond acceptors (Lipinski definition) is 1. The summed E-state index contributed by atoms with van der Waals surface area (Å²) >= 11 is 0. The molecule has 1 nitrogen and oxygen atoms in total. The van der Waals surface area contributed by atoms with Crippen molar-refractivity contribution in [3.8, 4) is 0 Å². The van der Waals surface area contributed by atoms with E-state index in [1.807, 2.05) is 0 Å². The van der Waals surface area contributed by atoms with Gasteiger partial charge in [-0.3, -0.25) is 0 Å². The van der Waals surface area contributed by atoms with Crippen LogP contribution in [0.4, 0.5) is 0 Å². The quantitative estimate of drug-likeness (QED) is 0.492. The van der Waals surface area contributed by atoms with Crippen molar-refractivity contribution in [1.29, 1.82) is 0 Å². The molecule has 0 radical (unpaired) electrons. The molecule has 2 rings (SSSR count). The Morgan fingerprint density at radius 2 is 2.50 bits per heavy atom. The molecule has 1 heteroatoms. The van der Waals surface area contributed by atoms with Crippen LogP contribution in [0.15, 0.2) is 36.1 Å². The van der Waals surface area contributed by atoms with Gasteiger partial charge >= 0.3 is 0 Å². The summed E-state index contributed by atoms with van der Waals surface area (Å²) in [5.41, 5.74) is 1.41. The largest absolute Gasteiger partial charge is 0.501 e. The van der Waals surface area contributed by atoms with Crippen molar-refractivity contribution in [2.24, 2.45) is 5.92 Å². The van der Waals surface area contributed by atoms with Crippen LogP contribution in [0.2, 0.25) is 0 Å². The Labute approximate surface area is 60.7 Å². The third-order valence-electron chi connectivity index (χ3n) is 1.97. The highest BCUT2D eigenvalue weighted by Crippen LogP contribution is 2.24. The van der Waals surface area contributed by atoms with Gasteiger partial charge in [-0.15, -0.1) is 0 Å². The van der Waals surface area contributed by atoms with Crippen molar-refractivity contribution in [1.82, 2.24) is 0 Å². The lowest BCUT2D eigenvalue weighted by Gasteiger charge is -2.21. The van der Waals surface area contributed by atoms with Crippen LogP contribution in [0.25, 0.3) is 0 Å². The maximum absolute atomic E-state index is 5.18. The molecule has 0 fully saturated rings. The molecule has 10 heavy (non-hydrogen) atoms. The fraction of sp³-hybridized carbons (Fsp3) is 0.333. The Hall–Kier alpha value is -0.980. The molecule has 1 heterocycles. The Morgan fingerprint density at radius 1 is 1.50 bits per heavy atom. The van der Waals surface area contributed by atoms with Gasteiger partial charge < -0.3 is 4.74 Å². The second kappa shape index (κ2) is 2.33. The number of fused-ring (bicyclic) bond motifs is 1. The van der Waals surface area contributed by atoms with E-state index in [-0.39, 0.29) is 0 Å². The molecule has 0 N–H and O–H groups in total. The number of rotatable bonds is 0. The Balaban J connectivity index is 2.27. The molecule has 0 saturated heterocycles. The Kier molecular flexibility index (Phi) is 1.35. The molecule has 52 valence electrons. The summed E-state index contributed by atoms with van der Waals surface area (Å²) in [5, 5.41) is 0. The molecule has 1 atom stereocenters. The maximum atomic E-state index is 5.18. The van der Waals surface area contributed by atoms with Gasteiger partial charge in [0.25, 0.3) is 0 Å². The molecule has 0 bridgehead atoms. The van der Waals surface area contributed by atoms with E-state index in [1.54, 1.807) is 6.26 Å². The lowest BCUT2D eigenvalue weighted by atomic mass is 9.91. The van der Waals surface area contributed by atoms with Crippen molar-refractivity contribution >= 4 is 0 Å². The van der Waals surface area contributed by atoms with E-state index in [0.29, 0.717) is 5.92 Å². The van der Waals surface area contributed by atoms with E-state index in [0.717, 1.165) is 13.0 Å². The SMILES string of the molecule is C1=CCC2COC=CC2=C1. The summed E-state index contributed by atoms with van der Waals surface area (Å²) in [6.07, 6.45) is 11.4. The van der Waals surface area contributed by atoms with Gasteiger partial charge in [-0.1, -0.05) is 18.2 Å². The average molecular weight is 134 g/mol. The smallest absolute Gasteiger partial charge is 0.0944 e. The Morgan fingerprint density at radius 3 is 3.40 bits per heavy atom. The zero-order valence-electron chi connectivity index (χ0n) is 5.79. The third kappa shape index (κ3) is 0.878. The van der Waals surface area contributed by atoms with Crippen LogP contribution in [0, 0.1) is 5.92 Å². The van der Waals surface area contributed by atoms with Crippen LogP contribution in [0.3, 0.4) is 0 Å².